The van der Waals surface area contributed by atoms with Crippen molar-refractivity contribution >= 4 is 23.3 Å². The van der Waals surface area contributed by atoms with Gasteiger partial charge in [-0.3, -0.25) is 4.79 Å². The molecule has 1 aliphatic rings. The van der Waals surface area contributed by atoms with Gasteiger partial charge in [0.05, 0.1) is 11.5 Å². The van der Waals surface area contributed by atoms with Crippen LogP contribution in [0.1, 0.15) is 31.2 Å². The average Bonchev–Trinajstić information content (AvgIpc) is 2.37. The van der Waals surface area contributed by atoms with E-state index in [9.17, 15) is 18.0 Å². The summed E-state index contributed by atoms with van der Waals surface area (Å²) < 4.78 is 38.2. The lowest BCUT2D eigenvalue weighted by Crippen LogP contribution is -2.31. The van der Waals surface area contributed by atoms with E-state index >= 15 is 0 Å². The van der Waals surface area contributed by atoms with E-state index in [0.717, 1.165) is 25.0 Å². The number of rotatable bonds is 3. The summed E-state index contributed by atoms with van der Waals surface area (Å²) >= 11 is 5.72. The van der Waals surface area contributed by atoms with E-state index in [1.54, 1.807) is 0 Å². The van der Waals surface area contributed by atoms with Crippen molar-refractivity contribution in [2.75, 3.05) is 5.32 Å². The van der Waals surface area contributed by atoms with Gasteiger partial charge in [0.1, 0.15) is 0 Å². The molecule has 116 valence electrons. The summed E-state index contributed by atoms with van der Waals surface area (Å²) in [6, 6.07) is 3.13. The molecule has 0 aliphatic heterocycles. The molecule has 0 spiro atoms. The van der Waals surface area contributed by atoms with E-state index in [0.29, 0.717) is 12.8 Å². The van der Waals surface area contributed by atoms with Crippen LogP contribution in [-0.2, 0) is 11.0 Å². The summed E-state index contributed by atoms with van der Waals surface area (Å²) in [5, 5.41) is 12.0. The zero-order chi connectivity index (χ0) is 15.6. The quantitative estimate of drug-likeness (QED) is 0.866. The molecule has 1 saturated carbocycles. The van der Waals surface area contributed by atoms with Crippen LogP contribution in [0.2, 0.25) is 5.02 Å². The number of aliphatic carboxylic acids is 1. The normalized spacial score (nSPS) is 22.9. The van der Waals surface area contributed by atoms with Gasteiger partial charge in [0, 0.05) is 16.8 Å². The zero-order valence-corrected chi connectivity index (χ0v) is 11.8. The van der Waals surface area contributed by atoms with Crippen LogP contribution in [0.3, 0.4) is 0 Å². The van der Waals surface area contributed by atoms with Gasteiger partial charge < -0.3 is 10.4 Å². The minimum absolute atomic E-state index is 0.00193. The van der Waals surface area contributed by atoms with E-state index in [1.165, 1.54) is 6.07 Å². The third kappa shape index (κ3) is 4.27. The van der Waals surface area contributed by atoms with Gasteiger partial charge in [0.2, 0.25) is 0 Å². The van der Waals surface area contributed by atoms with Gasteiger partial charge >= 0.3 is 12.1 Å². The Morgan fingerprint density at radius 1 is 1.29 bits per heavy atom. The van der Waals surface area contributed by atoms with Gasteiger partial charge in [0.15, 0.2) is 0 Å². The molecule has 1 aromatic carbocycles. The fourth-order valence-corrected chi connectivity index (χ4v) is 2.85. The molecule has 0 saturated heterocycles. The molecule has 2 N–H and O–H groups in total. The molecule has 7 heteroatoms. The largest absolute Gasteiger partial charge is 0.481 e. The van der Waals surface area contributed by atoms with Crippen molar-refractivity contribution in [2.45, 2.75) is 37.9 Å². The minimum atomic E-state index is -4.46. The number of benzene rings is 1. The van der Waals surface area contributed by atoms with Crippen LogP contribution < -0.4 is 5.32 Å². The summed E-state index contributed by atoms with van der Waals surface area (Å²) in [5.41, 5.74) is -0.547. The Morgan fingerprint density at radius 3 is 2.62 bits per heavy atom. The van der Waals surface area contributed by atoms with Crippen LogP contribution in [0, 0.1) is 5.92 Å². The van der Waals surface area contributed by atoms with Crippen molar-refractivity contribution in [2.24, 2.45) is 5.92 Å². The molecular weight excluding hydrogens is 307 g/mol. The molecule has 2 rings (SSSR count). The van der Waals surface area contributed by atoms with Crippen molar-refractivity contribution in [3.63, 3.8) is 0 Å². The van der Waals surface area contributed by atoms with Gasteiger partial charge in [-0.15, -0.1) is 0 Å². The number of carboxylic acids is 1. The summed E-state index contributed by atoms with van der Waals surface area (Å²) in [6.07, 6.45) is -1.98. The Morgan fingerprint density at radius 2 is 2.00 bits per heavy atom. The maximum atomic E-state index is 12.7. The van der Waals surface area contributed by atoms with E-state index in [2.05, 4.69) is 5.32 Å². The number of carbonyl (C=O) groups is 1. The van der Waals surface area contributed by atoms with Crippen molar-refractivity contribution in [1.82, 2.24) is 0 Å². The average molecular weight is 322 g/mol. The molecule has 1 aromatic rings. The lowest BCUT2D eigenvalue weighted by molar-refractivity contribution is -0.143. The van der Waals surface area contributed by atoms with Crippen LogP contribution in [0.5, 0.6) is 0 Å². The van der Waals surface area contributed by atoms with Gasteiger partial charge in [-0.05, 0) is 37.5 Å². The summed E-state index contributed by atoms with van der Waals surface area (Å²) in [5.74, 6) is -1.30. The highest BCUT2D eigenvalue weighted by molar-refractivity contribution is 6.30. The first kappa shape index (κ1) is 15.9. The number of carboxylic acid groups (broad SMARTS) is 1. The molecule has 21 heavy (non-hydrogen) atoms. The van der Waals surface area contributed by atoms with Gasteiger partial charge in [0.25, 0.3) is 0 Å². The third-order valence-corrected chi connectivity index (χ3v) is 3.84. The predicted molar refractivity (Wildman–Crippen MR) is 73.5 cm³/mol. The van der Waals surface area contributed by atoms with Crippen LogP contribution in [0.4, 0.5) is 18.9 Å². The van der Waals surface area contributed by atoms with E-state index in [-0.39, 0.29) is 16.8 Å². The second-order valence-electron chi connectivity index (χ2n) is 5.27. The number of hydrogen-bond acceptors (Lipinski definition) is 2. The topological polar surface area (TPSA) is 49.3 Å². The molecule has 1 aliphatic carbocycles. The molecule has 1 fully saturated rings. The molecule has 0 radical (unpaired) electrons. The Bertz CT molecular complexity index is 533. The monoisotopic (exact) mass is 321 g/mol. The lowest BCUT2D eigenvalue weighted by Gasteiger charge is -2.28. The van der Waals surface area contributed by atoms with Crippen LogP contribution in [-0.4, -0.2) is 17.1 Å². The number of halogens is 4. The molecule has 0 bridgehead atoms. The minimum Gasteiger partial charge on any atom is -0.481 e. The number of anilines is 1. The predicted octanol–water partition coefficient (Wildman–Crippen LogP) is 4.41. The summed E-state index contributed by atoms with van der Waals surface area (Å²) in [7, 11) is 0. The highest BCUT2D eigenvalue weighted by Gasteiger charge is 2.32. The Kier molecular flexibility index (Phi) is 4.66. The molecule has 2 atom stereocenters. The van der Waals surface area contributed by atoms with Gasteiger partial charge in [-0.25, -0.2) is 0 Å². The molecular formula is C14H15ClF3NO2. The van der Waals surface area contributed by atoms with E-state index in [4.69, 9.17) is 16.7 Å². The highest BCUT2D eigenvalue weighted by Crippen LogP contribution is 2.34. The Labute approximate surface area is 125 Å². The van der Waals surface area contributed by atoms with Crippen molar-refractivity contribution in [3.8, 4) is 0 Å². The smallest absolute Gasteiger partial charge is 0.416 e. The summed E-state index contributed by atoms with van der Waals surface area (Å²) in [4.78, 5) is 11.0. The fraction of sp³-hybridized carbons (Fsp3) is 0.500. The van der Waals surface area contributed by atoms with Gasteiger partial charge in [-0.2, -0.15) is 13.2 Å². The maximum absolute atomic E-state index is 12.7. The zero-order valence-electron chi connectivity index (χ0n) is 11.1. The van der Waals surface area contributed by atoms with Crippen molar-refractivity contribution in [3.05, 3.63) is 28.8 Å². The first-order chi connectivity index (χ1) is 9.75. The fourth-order valence-electron chi connectivity index (χ4n) is 2.62. The number of alkyl halides is 3. The van der Waals surface area contributed by atoms with E-state index in [1.807, 2.05) is 0 Å². The van der Waals surface area contributed by atoms with E-state index < -0.39 is 23.6 Å². The molecule has 0 aromatic heterocycles. The van der Waals surface area contributed by atoms with Gasteiger partial charge in [-0.1, -0.05) is 18.0 Å². The standard InChI is InChI=1S/C14H15ClF3NO2/c15-10-5-9(14(16,17)18)6-12(7-10)19-11-3-1-2-8(4-11)13(20)21/h5-8,11,19H,1-4H2,(H,20,21). The van der Waals surface area contributed by atoms with Crippen LogP contribution in [0.25, 0.3) is 0 Å². The molecule has 0 amide bonds. The first-order valence-corrected chi connectivity index (χ1v) is 7.00. The lowest BCUT2D eigenvalue weighted by atomic mass is 9.85. The molecule has 2 unspecified atom stereocenters. The third-order valence-electron chi connectivity index (χ3n) is 3.62. The van der Waals surface area contributed by atoms with Crippen molar-refractivity contribution in [1.29, 1.82) is 0 Å². The molecule has 0 heterocycles. The Balaban J connectivity index is 2.12. The molecule has 3 nitrogen and oxygen atoms in total. The summed E-state index contributed by atoms with van der Waals surface area (Å²) in [6.45, 7) is 0. The maximum Gasteiger partial charge on any atom is 0.416 e. The highest BCUT2D eigenvalue weighted by atomic mass is 35.5. The van der Waals surface area contributed by atoms with Crippen LogP contribution >= 0.6 is 11.6 Å². The first-order valence-electron chi connectivity index (χ1n) is 6.63. The van der Waals surface area contributed by atoms with Crippen LogP contribution in [0.15, 0.2) is 18.2 Å². The Hall–Kier alpha value is -1.43. The SMILES string of the molecule is O=C(O)C1CCCC(Nc2cc(Cl)cc(C(F)(F)F)c2)C1. The second-order valence-corrected chi connectivity index (χ2v) is 5.71. The number of hydrogen-bond donors (Lipinski definition) is 2. The van der Waals surface area contributed by atoms with Crippen molar-refractivity contribution < 1.29 is 23.1 Å². The number of nitrogens with one attached hydrogen (secondary N) is 1. The second kappa shape index (κ2) is 6.13.